The minimum absolute atomic E-state index is 0.0724. The van der Waals surface area contributed by atoms with Gasteiger partial charge in [-0.1, -0.05) is 13.0 Å². The van der Waals surface area contributed by atoms with Crippen LogP contribution in [-0.4, -0.2) is 33.5 Å². The van der Waals surface area contributed by atoms with Crippen molar-refractivity contribution in [3.05, 3.63) is 29.6 Å². The van der Waals surface area contributed by atoms with Crippen LogP contribution in [0.25, 0.3) is 0 Å². The molecule has 4 nitrogen and oxygen atoms in total. The Morgan fingerprint density at radius 2 is 2.24 bits per heavy atom. The second kappa shape index (κ2) is 6.35. The van der Waals surface area contributed by atoms with Crippen LogP contribution in [0.3, 0.4) is 0 Å². The monoisotopic (exact) mass is 236 g/mol. The fourth-order valence-corrected chi connectivity index (χ4v) is 1.74. The van der Waals surface area contributed by atoms with Gasteiger partial charge in [0.25, 0.3) is 0 Å². The first-order valence-electron chi connectivity index (χ1n) is 5.89. The van der Waals surface area contributed by atoms with Crippen molar-refractivity contribution in [1.29, 1.82) is 0 Å². The van der Waals surface area contributed by atoms with Crippen LogP contribution in [-0.2, 0) is 11.3 Å². The third-order valence-electron chi connectivity index (χ3n) is 2.87. The summed E-state index contributed by atoms with van der Waals surface area (Å²) in [7, 11) is 0. The minimum atomic E-state index is -0.786. The maximum Gasteiger partial charge on any atom is 0.317 e. The average molecular weight is 236 g/mol. The standard InChI is InChI=1S/C13H20N2O2/c1-4-11(3)15(9-13(16)17)8-12-5-10(2)6-14-7-12/h5-7,11H,4,8-9H2,1-3H3,(H,16,17). The molecular weight excluding hydrogens is 216 g/mol. The molecule has 0 aliphatic heterocycles. The van der Waals surface area contributed by atoms with Crippen molar-refractivity contribution < 1.29 is 9.90 Å². The number of rotatable bonds is 6. The number of aryl methyl sites for hydroxylation is 1. The number of nitrogens with zero attached hydrogens (tertiary/aromatic N) is 2. The summed E-state index contributed by atoms with van der Waals surface area (Å²) in [5, 5.41) is 8.90. The average Bonchev–Trinajstić information content (AvgIpc) is 2.26. The molecule has 17 heavy (non-hydrogen) atoms. The van der Waals surface area contributed by atoms with Gasteiger partial charge in [0.2, 0.25) is 0 Å². The van der Waals surface area contributed by atoms with Crippen molar-refractivity contribution in [2.24, 2.45) is 0 Å². The van der Waals surface area contributed by atoms with Gasteiger partial charge in [-0.25, -0.2) is 0 Å². The Balaban J connectivity index is 2.74. The second-order valence-electron chi connectivity index (χ2n) is 4.43. The Morgan fingerprint density at radius 1 is 1.53 bits per heavy atom. The van der Waals surface area contributed by atoms with E-state index in [-0.39, 0.29) is 12.6 Å². The lowest BCUT2D eigenvalue weighted by Crippen LogP contribution is -2.36. The topological polar surface area (TPSA) is 53.4 Å². The molecule has 1 atom stereocenters. The van der Waals surface area contributed by atoms with Gasteiger partial charge in [0.15, 0.2) is 0 Å². The summed E-state index contributed by atoms with van der Waals surface area (Å²) in [5.74, 6) is -0.786. The number of pyridine rings is 1. The van der Waals surface area contributed by atoms with Crippen molar-refractivity contribution in [1.82, 2.24) is 9.88 Å². The van der Waals surface area contributed by atoms with Crippen molar-refractivity contribution in [3.63, 3.8) is 0 Å². The van der Waals surface area contributed by atoms with E-state index in [4.69, 9.17) is 5.11 Å². The zero-order chi connectivity index (χ0) is 12.8. The lowest BCUT2D eigenvalue weighted by atomic mass is 10.1. The lowest BCUT2D eigenvalue weighted by molar-refractivity contribution is -0.139. The predicted molar refractivity (Wildman–Crippen MR) is 66.8 cm³/mol. The van der Waals surface area contributed by atoms with Crippen molar-refractivity contribution in [2.45, 2.75) is 39.8 Å². The molecule has 1 N–H and O–H groups in total. The van der Waals surface area contributed by atoms with Crippen LogP contribution in [0.5, 0.6) is 0 Å². The first-order valence-corrected chi connectivity index (χ1v) is 5.89. The molecule has 0 amide bonds. The molecule has 1 unspecified atom stereocenters. The Kier molecular flexibility index (Phi) is 5.10. The zero-order valence-electron chi connectivity index (χ0n) is 10.7. The van der Waals surface area contributed by atoms with Crippen LogP contribution in [0.4, 0.5) is 0 Å². The highest BCUT2D eigenvalue weighted by Gasteiger charge is 2.15. The fraction of sp³-hybridized carbons (Fsp3) is 0.538. The largest absolute Gasteiger partial charge is 0.480 e. The molecule has 1 aromatic heterocycles. The van der Waals surface area contributed by atoms with Crippen LogP contribution in [0, 0.1) is 6.92 Å². The van der Waals surface area contributed by atoms with Crippen LogP contribution in [0.1, 0.15) is 31.4 Å². The minimum Gasteiger partial charge on any atom is -0.480 e. The molecule has 0 saturated heterocycles. The van der Waals surface area contributed by atoms with E-state index >= 15 is 0 Å². The molecule has 0 bridgehead atoms. The normalized spacial score (nSPS) is 12.7. The molecule has 94 valence electrons. The van der Waals surface area contributed by atoms with Crippen LogP contribution in [0.2, 0.25) is 0 Å². The van der Waals surface area contributed by atoms with Crippen molar-refractivity contribution in [2.75, 3.05) is 6.54 Å². The quantitative estimate of drug-likeness (QED) is 0.821. The highest BCUT2D eigenvalue weighted by Crippen LogP contribution is 2.10. The highest BCUT2D eigenvalue weighted by molar-refractivity contribution is 5.69. The molecule has 0 fully saturated rings. The SMILES string of the molecule is CCC(C)N(CC(=O)O)Cc1cncc(C)c1. The Morgan fingerprint density at radius 3 is 2.76 bits per heavy atom. The smallest absolute Gasteiger partial charge is 0.317 e. The molecule has 0 aromatic carbocycles. The lowest BCUT2D eigenvalue weighted by Gasteiger charge is -2.26. The Hall–Kier alpha value is -1.42. The fourth-order valence-electron chi connectivity index (χ4n) is 1.74. The van der Waals surface area contributed by atoms with Crippen molar-refractivity contribution in [3.8, 4) is 0 Å². The number of carboxylic acids is 1. The number of carboxylic acid groups (broad SMARTS) is 1. The van der Waals surface area contributed by atoms with E-state index in [1.54, 1.807) is 12.4 Å². The van der Waals surface area contributed by atoms with Crippen LogP contribution >= 0.6 is 0 Å². The summed E-state index contributed by atoms with van der Waals surface area (Å²) < 4.78 is 0. The third kappa shape index (κ3) is 4.53. The van der Waals surface area contributed by atoms with E-state index in [1.807, 2.05) is 24.8 Å². The molecule has 0 radical (unpaired) electrons. The first kappa shape index (κ1) is 13.6. The van der Waals surface area contributed by atoms with Gasteiger partial charge < -0.3 is 5.11 Å². The van der Waals surface area contributed by atoms with Gasteiger partial charge in [0.1, 0.15) is 0 Å². The number of carbonyl (C=O) groups is 1. The maximum absolute atomic E-state index is 10.8. The van der Waals surface area contributed by atoms with Gasteiger partial charge >= 0.3 is 5.97 Å². The molecule has 1 rings (SSSR count). The van der Waals surface area contributed by atoms with Gasteiger partial charge in [0.05, 0.1) is 6.54 Å². The second-order valence-corrected chi connectivity index (χ2v) is 4.43. The van der Waals surface area contributed by atoms with Gasteiger partial charge in [-0.15, -0.1) is 0 Å². The van der Waals surface area contributed by atoms with Crippen LogP contribution < -0.4 is 0 Å². The third-order valence-corrected chi connectivity index (χ3v) is 2.87. The number of aromatic nitrogens is 1. The van der Waals surface area contributed by atoms with Gasteiger partial charge in [0, 0.05) is 25.0 Å². The molecule has 0 aliphatic carbocycles. The van der Waals surface area contributed by atoms with E-state index in [0.29, 0.717) is 6.54 Å². The molecule has 0 spiro atoms. The highest BCUT2D eigenvalue weighted by atomic mass is 16.4. The predicted octanol–water partition coefficient (Wildman–Crippen LogP) is 2.08. The van der Waals surface area contributed by atoms with E-state index in [0.717, 1.165) is 17.5 Å². The number of aliphatic carboxylic acids is 1. The molecule has 1 aromatic rings. The van der Waals surface area contributed by atoms with E-state index < -0.39 is 5.97 Å². The zero-order valence-corrected chi connectivity index (χ0v) is 10.7. The van der Waals surface area contributed by atoms with Gasteiger partial charge in [-0.2, -0.15) is 0 Å². The van der Waals surface area contributed by atoms with E-state index in [2.05, 4.69) is 11.9 Å². The molecule has 0 saturated carbocycles. The van der Waals surface area contributed by atoms with E-state index in [9.17, 15) is 4.79 Å². The molecular formula is C13H20N2O2. The van der Waals surface area contributed by atoms with E-state index in [1.165, 1.54) is 0 Å². The number of hydrogen-bond acceptors (Lipinski definition) is 3. The maximum atomic E-state index is 10.8. The molecule has 0 aliphatic rings. The van der Waals surface area contributed by atoms with Gasteiger partial charge in [-0.05, 0) is 31.4 Å². The van der Waals surface area contributed by atoms with Crippen molar-refractivity contribution >= 4 is 5.97 Å². The summed E-state index contributed by atoms with van der Waals surface area (Å²) in [6.07, 6.45) is 4.53. The summed E-state index contributed by atoms with van der Waals surface area (Å²) in [5.41, 5.74) is 2.16. The van der Waals surface area contributed by atoms with Crippen LogP contribution in [0.15, 0.2) is 18.5 Å². The summed E-state index contributed by atoms with van der Waals surface area (Å²) >= 11 is 0. The van der Waals surface area contributed by atoms with Gasteiger partial charge in [-0.3, -0.25) is 14.7 Å². The summed E-state index contributed by atoms with van der Waals surface area (Å²) in [6, 6.07) is 2.30. The Bertz CT molecular complexity index is 379. The number of hydrogen-bond donors (Lipinski definition) is 1. The summed E-state index contributed by atoms with van der Waals surface area (Å²) in [6.45, 7) is 6.81. The Labute approximate surface area is 102 Å². The summed E-state index contributed by atoms with van der Waals surface area (Å²) in [4.78, 5) is 16.9. The molecule has 4 heteroatoms. The first-order chi connectivity index (χ1) is 8.02. The molecule has 1 heterocycles.